The summed E-state index contributed by atoms with van der Waals surface area (Å²) in [6.45, 7) is 30.7. The minimum absolute atomic E-state index is 0.292. The van der Waals surface area contributed by atoms with Gasteiger partial charge in [-0.3, -0.25) is 0 Å². The predicted molar refractivity (Wildman–Crippen MR) is 237 cm³/mol. The van der Waals surface area contributed by atoms with Gasteiger partial charge in [-0.25, -0.2) is 0 Å². The first-order chi connectivity index (χ1) is 24.9. The average Bonchev–Trinajstić information content (AvgIpc) is 3.08. The molecule has 2 unspecified atom stereocenters. The molecule has 3 aromatic rings. The van der Waals surface area contributed by atoms with E-state index in [1.165, 1.54) is 33.4 Å². The molecule has 0 amide bonds. The summed E-state index contributed by atoms with van der Waals surface area (Å²) in [6, 6.07) is 20.0. The summed E-state index contributed by atoms with van der Waals surface area (Å²) in [5, 5.41) is 0. The molecule has 0 aromatic heterocycles. The van der Waals surface area contributed by atoms with E-state index in [4.69, 9.17) is 13.6 Å². The van der Waals surface area contributed by atoms with Crippen LogP contribution in [0.25, 0.3) is 0 Å². The van der Waals surface area contributed by atoms with Crippen LogP contribution < -0.4 is 13.6 Å². The summed E-state index contributed by atoms with van der Waals surface area (Å²) in [5.41, 5.74) is 7.41. The number of benzene rings is 3. The molecule has 2 atom stereocenters. The van der Waals surface area contributed by atoms with Gasteiger partial charge in [-0.15, -0.1) is 0 Å². The summed E-state index contributed by atoms with van der Waals surface area (Å²) in [4.78, 5) is 0. The van der Waals surface area contributed by atoms with Gasteiger partial charge >= 0.3 is 344 Å². The van der Waals surface area contributed by atoms with Crippen molar-refractivity contribution >= 4 is 52.6 Å². The first kappa shape index (κ1) is 45.0. The molecular weight excluding hydrogens is 845 g/mol. The van der Waals surface area contributed by atoms with E-state index < -0.39 is 21.4 Å². The molecule has 0 aliphatic carbocycles. The molecule has 1 aliphatic rings. The zero-order valence-corrected chi connectivity index (χ0v) is 41.3. The van der Waals surface area contributed by atoms with E-state index in [0.717, 1.165) is 36.9 Å². The molecule has 1 saturated heterocycles. The molecule has 0 saturated carbocycles. The van der Waals surface area contributed by atoms with Crippen LogP contribution in [-0.4, -0.2) is 64.1 Å². The molecule has 0 N–H and O–H groups in total. The second-order valence-electron chi connectivity index (χ2n) is 15.9. The normalized spacial score (nSPS) is 21.9. The van der Waals surface area contributed by atoms with Crippen LogP contribution in [0.15, 0.2) is 54.6 Å². The van der Waals surface area contributed by atoms with Gasteiger partial charge in [0.05, 0.1) is 0 Å². The Morgan fingerprint density at radius 3 is 0.962 bits per heavy atom. The van der Waals surface area contributed by atoms with Crippen LogP contribution in [0.4, 0.5) is 0 Å². The third kappa shape index (κ3) is 9.05. The van der Waals surface area contributed by atoms with Gasteiger partial charge in [0.1, 0.15) is 0 Å². The van der Waals surface area contributed by atoms with Gasteiger partial charge in [0.25, 0.3) is 0 Å². The third-order valence-electron chi connectivity index (χ3n) is 10.1. The standard InChI is InChI=1S/C42H66N3O3P3Se2/c1-16-43-49(46-40-34(28(4)5)22-19-23-35(40)29(6)7)44(17-2)51(53,48-42-38(32(12)13)26-21-27-39(42)33(14)15)45(18-3)50(43,52)47-41-36(30(8)9)24-20-25-37(41)31(10)11/h19-33H,16-18H2,1-15H3/p+1. The number of para-hydroxylation sites is 3. The molecule has 1 fully saturated rings. The molecule has 4 rings (SSSR count). The van der Waals surface area contributed by atoms with E-state index in [-0.39, 0.29) is 0 Å². The number of rotatable bonds is 15. The van der Waals surface area contributed by atoms with Crippen LogP contribution in [0.5, 0.6) is 17.2 Å². The van der Waals surface area contributed by atoms with Gasteiger partial charge in [-0.05, 0) is 0 Å². The molecule has 1 aliphatic heterocycles. The predicted octanol–water partition coefficient (Wildman–Crippen LogP) is 13.6. The quantitative estimate of drug-likeness (QED) is 0.112. The van der Waals surface area contributed by atoms with Crippen molar-refractivity contribution in [2.75, 3.05) is 19.6 Å². The van der Waals surface area contributed by atoms with Crippen molar-refractivity contribution in [2.45, 2.75) is 139 Å². The third-order valence-corrected chi connectivity index (χ3v) is 29.9. The number of hydrogen-bond donors (Lipinski definition) is 0. The van der Waals surface area contributed by atoms with Crippen LogP contribution in [-0.2, 0) is 0 Å². The van der Waals surface area contributed by atoms with E-state index in [1.807, 2.05) is 0 Å². The first-order valence-electron chi connectivity index (χ1n) is 19.8. The second-order valence-corrected chi connectivity index (χ2v) is 29.1. The molecule has 0 spiro atoms. The van der Waals surface area contributed by atoms with Crippen LogP contribution in [0, 0.1) is 0 Å². The molecule has 0 radical (unpaired) electrons. The van der Waals surface area contributed by atoms with E-state index in [9.17, 15) is 0 Å². The maximum absolute atomic E-state index is 7.79. The monoisotopic (exact) mass is 914 g/mol. The van der Waals surface area contributed by atoms with Gasteiger partial charge in [-0.2, -0.15) is 0 Å². The zero-order valence-electron chi connectivity index (χ0n) is 35.1. The SMILES string of the molecule is CCN1[PH+](Oc2c(C(C)C)cccc2C(C)C)N(CC)[P+]([Se-])(Oc2c(C(C)C)cccc2C(C)C)N(CC)[P+]1([Se-])Oc1c(C(C)C)cccc1C(C)C. The van der Waals surface area contributed by atoms with Crippen molar-refractivity contribution in [1.82, 2.24) is 13.3 Å². The van der Waals surface area contributed by atoms with E-state index in [2.05, 4.69) is 203 Å². The van der Waals surface area contributed by atoms with Gasteiger partial charge < -0.3 is 0 Å². The van der Waals surface area contributed by atoms with Crippen LogP contribution in [0.3, 0.4) is 0 Å². The van der Waals surface area contributed by atoms with Gasteiger partial charge in [0.2, 0.25) is 0 Å². The maximum atomic E-state index is 7.79. The zero-order chi connectivity index (χ0) is 39.6. The summed E-state index contributed by atoms with van der Waals surface area (Å²) >= 11 is 7.63. The fourth-order valence-corrected chi connectivity index (χ4v) is 30.2. The van der Waals surface area contributed by atoms with E-state index in [1.54, 1.807) is 0 Å². The van der Waals surface area contributed by atoms with Crippen LogP contribution in [0.2, 0.25) is 0 Å². The Balaban J connectivity index is 2.11. The summed E-state index contributed by atoms with van der Waals surface area (Å²) in [7, 11) is -2.00. The second kappa shape index (κ2) is 18.7. The Morgan fingerprint density at radius 1 is 0.472 bits per heavy atom. The van der Waals surface area contributed by atoms with Gasteiger partial charge in [-0.1, -0.05) is 0 Å². The van der Waals surface area contributed by atoms with Crippen LogP contribution in [0.1, 0.15) is 173 Å². The number of hydrogen-bond acceptors (Lipinski definition) is 6. The summed E-state index contributed by atoms with van der Waals surface area (Å²) in [6.07, 6.45) is 0. The molecule has 11 heteroatoms. The summed E-state index contributed by atoms with van der Waals surface area (Å²) < 4.78 is 31.0. The Hall–Kier alpha value is -0.731. The first-order valence-corrected chi connectivity index (χ1v) is 28.7. The van der Waals surface area contributed by atoms with E-state index in [0.29, 0.717) is 35.5 Å². The van der Waals surface area contributed by atoms with Crippen molar-refractivity contribution in [3.63, 3.8) is 0 Å². The molecule has 294 valence electrons. The molecule has 3 aromatic carbocycles. The topological polar surface area (TPSA) is 37.4 Å². The van der Waals surface area contributed by atoms with Gasteiger partial charge in [0, 0.05) is 0 Å². The molecule has 1 heterocycles. The molecular formula is C42H67N3O3P3Se2+. The molecule has 53 heavy (non-hydrogen) atoms. The Morgan fingerprint density at radius 2 is 0.736 bits per heavy atom. The van der Waals surface area contributed by atoms with Crippen molar-refractivity contribution < 1.29 is 13.6 Å². The molecule has 0 bridgehead atoms. The van der Waals surface area contributed by atoms with Crippen molar-refractivity contribution in [3.8, 4) is 17.2 Å². The van der Waals surface area contributed by atoms with Crippen LogP contribution >= 0.6 is 21.4 Å². The minimum atomic E-state index is -2.78. The fraction of sp³-hybridized carbons (Fsp3) is 0.571. The van der Waals surface area contributed by atoms with Gasteiger partial charge in [0.15, 0.2) is 0 Å². The average molecular weight is 913 g/mol. The summed E-state index contributed by atoms with van der Waals surface area (Å²) in [5.74, 6) is 4.78. The van der Waals surface area contributed by atoms with Crippen molar-refractivity contribution in [3.05, 3.63) is 88.0 Å². The van der Waals surface area contributed by atoms with E-state index >= 15 is 0 Å². The van der Waals surface area contributed by atoms with Crippen molar-refractivity contribution in [1.29, 1.82) is 0 Å². The number of nitrogens with zero attached hydrogens (tertiary/aromatic N) is 3. The Kier molecular flexibility index (Phi) is 15.9. The Bertz CT molecular complexity index is 1520. The Labute approximate surface area is 341 Å². The fourth-order valence-electron chi connectivity index (χ4n) is 7.13. The van der Waals surface area contributed by atoms with Crippen molar-refractivity contribution in [2.24, 2.45) is 0 Å². The molecule has 6 nitrogen and oxygen atoms in total.